The van der Waals surface area contributed by atoms with Crippen molar-refractivity contribution in [3.63, 3.8) is 0 Å². The van der Waals surface area contributed by atoms with Crippen LogP contribution in [-0.2, 0) is 9.47 Å². The third-order valence-electron chi connectivity index (χ3n) is 3.12. The van der Waals surface area contributed by atoms with Crippen LogP contribution in [0.1, 0.15) is 46.0 Å². The highest BCUT2D eigenvalue weighted by atomic mass is 16.6. The molecule has 2 heteroatoms. The molecule has 0 bridgehead atoms. The maximum atomic E-state index is 5.69. The Balaban J connectivity index is 1.56. The molecule has 0 amide bonds. The highest BCUT2D eigenvalue weighted by Gasteiger charge is 2.42. The van der Waals surface area contributed by atoms with Gasteiger partial charge >= 0.3 is 0 Å². The lowest BCUT2D eigenvalue weighted by Gasteiger charge is -2.35. The third-order valence-corrected chi connectivity index (χ3v) is 3.12. The van der Waals surface area contributed by atoms with Crippen LogP contribution < -0.4 is 0 Å². The summed E-state index contributed by atoms with van der Waals surface area (Å²) < 4.78 is 11.2. The van der Waals surface area contributed by atoms with Crippen LogP contribution in [0.3, 0.4) is 0 Å². The average molecular weight is 184 g/mol. The maximum Gasteiger partial charge on any atom is 0.0866 e. The first kappa shape index (κ1) is 9.47. The summed E-state index contributed by atoms with van der Waals surface area (Å²) in [6.45, 7) is 4.40. The van der Waals surface area contributed by atoms with Crippen LogP contribution >= 0.6 is 0 Å². The summed E-state index contributed by atoms with van der Waals surface area (Å²) in [5, 5.41) is 0. The lowest BCUT2D eigenvalue weighted by molar-refractivity contribution is -0.129. The van der Waals surface area contributed by atoms with Crippen LogP contribution in [0.5, 0.6) is 0 Å². The highest BCUT2D eigenvalue weighted by Crippen LogP contribution is 2.35. The van der Waals surface area contributed by atoms with Gasteiger partial charge in [0.1, 0.15) is 0 Å². The average Bonchev–Trinajstić information content (AvgIpc) is 2.76. The van der Waals surface area contributed by atoms with Gasteiger partial charge in [-0.15, -0.1) is 0 Å². The molecule has 76 valence electrons. The van der Waals surface area contributed by atoms with Gasteiger partial charge in [0.2, 0.25) is 0 Å². The maximum absolute atomic E-state index is 5.69. The molecule has 13 heavy (non-hydrogen) atoms. The van der Waals surface area contributed by atoms with Crippen LogP contribution in [-0.4, -0.2) is 24.4 Å². The largest absolute Gasteiger partial charge is 0.375 e. The van der Waals surface area contributed by atoms with Gasteiger partial charge in [-0.1, -0.05) is 20.3 Å². The molecule has 2 aliphatic heterocycles. The molecule has 2 fully saturated rings. The second-order valence-electron chi connectivity index (χ2n) is 4.26. The smallest absolute Gasteiger partial charge is 0.0866 e. The topological polar surface area (TPSA) is 21.8 Å². The predicted octanol–water partition coefficient (Wildman–Crippen LogP) is 2.51. The van der Waals surface area contributed by atoms with Gasteiger partial charge in [-0.05, 0) is 19.3 Å². The van der Waals surface area contributed by atoms with Crippen molar-refractivity contribution in [3.05, 3.63) is 0 Å². The Morgan fingerprint density at radius 1 is 1.08 bits per heavy atom. The van der Waals surface area contributed by atoms with Gasteiger partial charge in [-0.3, -0.25) is 0 Å². The van der Waals surface area contributed by atoms with E-state index in [1.54, 1.807) is 0 Å². The second-order valence-corrected chi connectivity index (χ2v) is 4.26. The number of hydrogen-bond acceptors (Lipinski definition) is 2. The Morgan fingerprint density at radius 2 is 1.85 bits per heavy atom. The van der Waals surface area contributed by atoms with Gasteiger partial charge in [-0.2, -0.15) is 0 Å². The SMILES string of the molecule is CCCC1OC1CC1CC(CC)O1. The lowest BCUT2D eigenvalue weighted by atomic mass is 9.97. The molecule has 2 heterocycles. The van der Waals surface area contributed by atoms with Crippen molar-refractivity contribution in [2.24, 2.45) is 0 Å². The first-order valence-corrected chi connectivity index (χ1v) is 5.64. The van der Waals surface area contributed by atoms with E-state index in [4.69, 9.17) is 9.47 Å². The van der Waals surface area contributed by atoms with Crippen LogP contribution in [0.15, 0.2) is 0 Å². The molecule has 0 aromatic rings. The predicted molar refractivity (Wildman–Crippen MR) is 51.8 cm³/mol. The Kier molecular flexibility index (Phi) is 2.89. The number of rotatable bonds is 5. The molecule has 0 spiro atoms. The van der Waals surface area contributed by atoms with Crippen molar-refractivity contribution in [2.45, 2.75) is 70.4 Å². The molecule has 2 saturated heterocycles. The van der Waals surface area contributed by atoms with Crippen LogP contribution in [0.4, 0.5) is 0 Å². The molecule has 4 unspecified atom stereocenters. The fourth-order valence-electron chi connectivity index (χ4n) is 2.15. The normalized spacial score (nSPS) is 42.9. The van der Waals surface area contributed by atoms with E-state index in [-0.39, 0.29) is 0 Å². The third kappa shape index (κ3) is 2.23. The molecular formula is C11H20O2. The Labute approximate surface area is 80.6 Å². The number of ether oxygens (including phenoxy) is 2. The molecule has 2 aliphatic rings. The zero-order valence-corrected chi connectivity index (χ0v) is 8.66. The van der Waals surface area contributed by atoms with Crippen LogP contribution in [0.25, 0.3) is 0 Å². The molecule has 0 aromatic heterocycles. The second kappa shape index (κ2) is 3.97. The zero-order valence-electron chi connectivity index (χ0n) is 8.66. The van der Waals surface area contributed by atoms with Crippen molar-refractivity contribution < 1.29 is 9.47 Å². The van der Waals surface area contributed by atoms with Gasteiger partial charge in [0.05, 0.1) is 24.4 Å². The van der Waals surface area contributed by atoms with E-state index in [9.17, 15) is 0 Å². The lowest BCUT2D eigenvalue weighted by Crippen LogP contribution is -2.37. The Bertz CT molecular complexity index is 163. The fourth-order valence-corrected chi connectivity index (χ4v) is 2.15. The Morgan fingerprint density at radius 3 is 2.46 bits per heavy atom. The molecular weight excluding hydrogens is 164 g/mol. The van der Waals surface area contributed by atoms with E-state index in [1.807, 2.05) is 0 Å². The van der Waals surface area contributed by atoms with E-state index >= 15 is 0 Å². The summed E-state index contributed by atoms with van der Waals surface area (Å²) in [6.07, 6.45) is 8.19. The molecule has 0 N–H and O–H groups in total. The molecule has 0 aliphatic carbocycles. The van der Waals surface area contributed by atoms with Gasteiger partial charge in [-0.25, -0.2) is 0 Å². The van der Waals surface area contributed by atoms with Gasteiger partial charge in [0, 0.05) is 6.42 Å². The summed E-state index contributed by atoms with van der Waals surface area (Å²) in [4.78, 5) is 0. The van der Waals surface area contributed by atoms with Crippen molar-refractivity contribution in [1.82, 2.24) is 0 Å². The zero-order chi connectivity index (χ0) is 9.26. The first-order chi connectivity index (χ1) is 6.33. The minimum absolute atomic E-state index is 0.511. The van der Waals surface area contributed by atoms with Gasteiger partial charge in [0.25, 0.3) is 0 Å². The first-order valence-electron chi connectivity index (χ1n) is 5.64. The summed E-state index contributed by atoms with van der Waals surface area (Å²) in [6, 6.07) is 0. The summed E-state index contributed by atoms with van der Waals surface area (Å²) in [5.74, 6) is 0. The summed E-state index contributed by atoms with van der Waals surface area (Å²) >= 11 is 0. The van der Waals surface area contributed by atoms with E-state index in [2.05, 4.69) is 13.8 Å². The van der Waals surface area contributed by atoms with Crippen molar-refractivity contribution >= 4 is 0 Å². The van der Waals surface area contributed by atoms with Gasteiger partial charge < -0.3 is 9.47 Å². The van der Waals surface area contributed by atoms with E-state index in [0.717, 1.165) is 6.42 Å². The molecule has 0 saturated carbocycles. The van der Waals surface area contributed by atoms with Crippen molar-refractivity contribution in [1.29, 1.82) is 0 Å². The monoisotopic (exact) mass is 184 g/mol. The molecule has 0 aromatic carbocycles. The summed E-state index contributed by atoms with van der Waals surface area (Å²) in [5.41, 5.74) is 0. The van der Waals surface area contributed by atoms with Crippen LogP contribution in [0.2, 0.25) is 0 Å². The number of epoxide rings is 1. The summed E-state index contributed by atoms with van der Waals surface area (Å²) in [7, 11) is 0. The van der Waals surface area contributed by atoms with E-state index < -0.39 is 0 Å². The van der Waals surface area contributed by atoms with E-state index in [1.165, 1.54) is 25.7 Å². The van der Waals surface area contributed by atoms with Crippen LogP contribution in [0, 0.1) is 0 Å². The van der Waals surface area contributed by atoms with Crippen molar-refractivity contribution in [3.8, 4) is 0 Å². The fraction of sp³-hybridized carbons (Fsp3) is 1.00. The number of hydrogen-bond donors (Lipinski definition) is 0. The van der Waals surface area contributed by atoms with E-state index in [0.29, 0.717) is 24.4 Å². The standard InChI is InChI=1S/C11H20O2/c1-3-5-10-11(13-10)7-9-6-8(4-2)12-9/h8-11H,3-7H2,1-2H3. The quantitative estimate of drug-likeness (QED) is 0.612. The Hall–Kier alpha value is -0.0800. The van der Waals surface area contributed by atoms with Gasteiger partial charge in [0.15, 0.2) is 0 Å². The minimum Gasteiger partial charge on any atom is -0.375 e. The molecule has 2 rings (SSSR count). The molecule has 2 nitrogen and oxygen atoms in total. The van der Waals surface area contributed by atoms with Crippen molar-refractivity contribution in [2.75, 3.05) is 0 Å². The molecule has 0 radical (unpaired) electrons. The molecule has 4 atom stereocenters. The minimum atomic E-state index is 0.511. The highest BCUT2D eigenvalue weighted by molar-refractivity contribution is 4.90.